The van der Waals surface area contributed by atoms with E-state index in [-0.39, 0.29) is 0 Å². The Bertz CT molecular complexity index is 918. The Kier molecular flexibility index (Phi) is 3.40. The van der Waals surface area contributed by atoms with Gasteiger partial charge in [-0.3, -0.25) is 4.98 Å². The molecule has 4 aromatic rings. The minimum absolute atomic E-state index is 0.621. The predicted molar refractivity (Wildman–Crippen MR) is 87.8 cm³/mol. The minimum atomic E-state index is 0.621. The summed E-state index contributed by atoms with van der Waals surface area (Å²) >= 11 is 0. The van der Waals surface area contributed by atoms with Gasteiger partial charge in [0.2, 0.25) is 0 Å². The third kappa shape index (κ3) is 2.74. The first-order chi connectivity index (χ1) is 11.4. The van der Waals surface area contributed by atoms with Gasteiger partial charge in [-0.05, 0) is 34.2 Å². The molecule has 0 amide bonds. The number of hydrogen-bond donors (Lipinski definition) is 1. The average Bonchev–Trinajstić information content (AvgIpc) is 3.10. The lowest BCUT2D eigenvalue weighted by atomic mass is 10.1. The van der Waals surface area contributed by atoms with Crippen molar-refractivity contribution in [2.45, 2.75) is 6.54 Å². The molecule has 0 fully saturated rings. The number of benzene rings is 1. The van der Waals surface area contributed by atoms with Gasteiger partial charge in [0.05, 0.1) is 5.69 Å². The maximum Gasteiger partial charge on any atom is 0.184 e. The quantitative estimate of drug-likeness (QED) is 0.628. The van der Waals surface area contributed by atoms with Gasteiger partial charge in [0.1, 0.15) is 0 Å². The molecule has 0 aliphatic carbocycles. The highest BCUT2D eigenvalue weighted by atomic mass is 15.5. The van der Waals surface area contributed by atoms with Crippen molar-refractivity contribution in [2.75, 3.05) is 5.32 Å². The molecule has 0 aliphatic rings. The van der Waals surface area contributed by atoms with Crippen molar-refractivity contribution in [3.63, 3.8) is 0 Å². The number of aromatic nitrogens is 5. The first kappa shape index (κ1) is 13.4. The Balaban J connectivity index is 1.71. The molecule has 0 radical (unpaired) electrons. The summed E-state index contributed by atoms with van der Waals surface area (Å²) in [4.78, 5) is 4.11. The number of tetrazole rings is 1. The largest absolute Gasteiger partial charge is 0.380 e. The number of nitrogens with one attached hydrogen (secondary N) is 1. The summed E-state index contributed by atoms with van der Waals surface area (Å²) in [6, 6.07) is 16.2. The van der Waals surface area contributed by atoms with Crippen LogP contribution in [0.15, 0.2) is 67.1 Å². The SMILES string of the molecule is c1ccc(-c2cc(CNc3cccnc3)c3nnnn3c2)cc1. The van der Waals surface area contributed by atoms with E-state index >= 15 is 0 Å². The van der Waals surface area contributed by atoms with Crippen molar-refractivity contribution in [2.24, 2.45) is 0 Å². The molecule has 0 atom stereocenters. The summed E-state index contributed by atoms with van der Waals surface area (Å²) < 4.78 is 1.71. The van der Waals surface area contributed by atoms with Crippen LogP contribution in [-0.4, -0.2) is 25.0 Å². The normalized spacial score (nSPS) is 10.8. The number of hydrogen-bond acceptors (Lipinski definition) is 5. The highest BCUT2D eigenvalue weighted by Crippen LogP contribution is 2.22. The minimum Gasteiger partial charge on any atom is -0.380 e. The summed E-state index contributed by atoms with van der Waals surface area (Å²) in [6.45, 7) is 0.621. The number of pyridine rings is 2. The number of fused-ring (bicyclic) bond motifs is 1. The zero-order chi connectivity index (χ0) is 15.5. The Morgan fingerprint density at radius 2 is 1.91 bits per heavy atom. The summed E-state index contributed by atoms with van der Waals surface area (Å²) in [5, 5.41) is 15.3. The van der Waals surface area contributed by atoms with Crippen molar-refractivity contribution in [1.82, 2.24) is 25.0 Å². The van der Waals surface area contributed by atoms with Crippen molar-refractivity contribution in [3.05, 3.63) is 72.7 Å². The Morgan fingerprint density at radius 1 is 1.00 bits per heavy atom. The lowest BCUT2D eigenvalue weighted by Crippen LogP contribution is -2.03. The molecule has 6 nitrogen and oxygen atoms in total. The van der Waals surface area contributed by atoms with Gasteiger partial charge in [-0.25, -0.2) is 0 Å². The number of anilines is 1. The molecule has 1 aromatic carbocycles. The summed E-state index contributed by atoms with van der Waals surface area (Å²) in [6.07, 6.45) is 5.49. The third-order valence-corrected chi connectivity index (χ3v) is 3.62. The van der Waals surface area contributed by atoms with E-state index < -0.39 is 0 Å². The smallest absolute Gasteiger partial charge is 0.184 e. The van der Waals surface area contributed by atoms with Crippen LogP contribution in [0.2, 0.25) is 0 Å². The molecule has 4 rings (SSSR count). The molecular weight excluding hydrogens is 288 g/mol. The highest BCUT2D eigenvalue weighted by Gasteiger charge is 2.09. The zero-order valence-corrected chi connectivity index (χ0v) is 12.3. The zero-order valence-electron chi connectivity index (χ0n) is 12.3. The van der Waals surface area contributed by atoms with Gasteiger partial charge < -0.3 is 5.32 Å². The summed E-state index contributed by atoms with van der Waals surface area (Å²) in [5.41, 5.74) is 4.95. The van der Waals surface area contributed by atoms with Crippen LogP contribution in [-0.2, 0) is 6.54 Å². The molecule has 0 spiro atoms. The monoisotopic (exact) mass is 302 g/mol. The van der Waals surface area contributed by atoms with E-state index in [1.807, 2.05) is 36.5 Å². The molecule has 6 heteroatoms. The van der Waals surface area contributed by atoms with Crippen LogP contribution in [0.3, 0.4) is 0 Å². The van der Waals surface area contributed by atoms with Gasteiger partial charge in [0.25, 0.3) is 0 Å². The number of rotatable bonds is 4. The number of nitrogens with zero attached hydrogens (tertiary/aromatic N) is 5. The fourth-order valence-corrected chi connectivity index (χ4v) is 2.50. The van der Waals surface area contributed by atoms with E-state index in [4.69, 9.17) is 0 Å². The second-order valence-electron chi connectivity index (χ2n) is 5.16. The molecule has 1 N–H and O–H groups in total. The first-order valence-corrected chi connectivity index (χ1v) is 7.30. The van der Waals surface area contributed by atoms with Gasteiger partial charge in [0, 0.05) is 36.3 Å². The lowest BCUT2D eigenvalue weighted by molar-refractivity contribution is 0.823. The van der Waals surface area contributed by atoms with E-state index in [2.05, 4.69) is 44.0 Å². The fourth-order valence-electron chi connectivity index (χ4n) is 2.50. The van der Waals surface area contributed by atoms with Crippen LogP contribution < -0.4 is 5.32 Å². The van der Waals surface area contributed by atoms with Gasteiger partial charge >= 0.3 is 0 Å². The van der Waals surface area contributed by atoms with E-state index in [1.165, 1.54) is 0 Å². The van der Waals surface area contributed by atoms with Gasteiger partial charge in [0.15, 0.2) is 5.65 Å². The molecule has 0 unspecified atom stereocenters. The average molecular weight is 302 g/mol. The van der Waals surface area contributed by atoms with Crippen LogP contribution in [0.1, 0.15) is 5.56 Å². The summed E-state index contributed by atoms with van der Waals surface area (Å²) in [7, 11) is 0. The van der Waals surface area contributed by atoms with Crippen molar-refractivity contribution >= 4 is 11.3 Å². The van der Waals surface area contributed by atoms with Crippen LogP contribution >= 0.6 is 0 Å². The third-order valence-electron chi connectivity index (χ3n) is 3.62. The Hall–Kier alpha value is -3.28. The predicted octanol–water partition coefficient (Wildman–Crippen LogP) is 2.80. The molecule has 0 saturated heterocycles. The van der Waals surface area contributed by atoms with Gasteiger partial charge in [-0.2, -0.15) is 4.52 Å². The molecule has 0 bridgehead atoms. The Labute approximate surface area is 132 Å². The van der Waals surface area contributed by atoms with Crippen LogP contribution in [0, 0.1) is 0 Å². The van der Waals surface area contributed by atoms with Crippen LogP contribution in [0.4, 0.5) is 5.69 Å². The molecule has 23 heavy (non-hydrogen) atoms. The topological polar surface area (TPSA) is 68.0 Å². The van der Waals surface area contributed by atoms with E-state index in [9.17, 15) is 0 Å². The van der Waals surface area contributed by atoms with Crippen molar-refractivity contribution < 1.29 is 0 Å². The van der Waals surface area contributed by atoms with Crippen molar-refractivity contribution in [3.8, 4) is 11.1 Å². The highest BCUT2D eigenvalue weighted by molar-refractivity contribution is 5.66. The van der Waals surface area contributed by atoms with Crippen molar-refractivity contribution in [1.29, 1.82) is 0 Å². The van der Waals surface area contributed by atoms with Gasteiger partial charge in [-0.15, -0.1) is 5.10 Å². The first-order valence-electron chi connectivity index (χ1n) is 7.30. The lowest BCUT2D eigenvalue weighted by Gasteiger charge is -2.09. The maximum absolute atomic E-state index is 4.11. The molecule has 0 aliphatic heterocycles. The fraction of sp³-hybridized carbons (Fsp3) is 0.0588. The van der Waals surface area contributed by atoms with E-state index in [1.54, 1.807) is 16.9 Å². The maximum atomic E-state index is 4.11. The standard InChI is InChI=1S/C17H14N6/c1-2-5-13(6-3-1)15-9-14(17-20-21-22-23(17)12-15)10-19-16-7-4-8-18-11-16/h1-9,11-12,19H,10H2. The molecule has 3 heterocycles. The molecular formula is C17H14N6. The molecule has 0 saturated carbocycles. The second kappa shape index (κ2) is 5.84. The van der Waals surface area contributed by atoms with E-state index in [0.717, 1.165) is 28.0 Å². The van der Waals surface area contributed by atoms with Crippen LogP contribution in [0.5, 0.6) is 0 Å². The van der Waals surface area contributed by atoms with Gasteiger partial charge in [-0.1, -0.05) is 30.3 Å². The summed E-state index contributed by atoms with van der Waals surface area (Å²) in [5.74, 6) is 0. The molecule has 3 aromatic heterocycles. The van der Waals surface area contributed by atoms with Crippen LogP contribution in [0.25, 0.3) is 16.8 Å². The van der Waals surface area contributed by atoms with E-state index in [0.29, 0.717) is 6.54 Å². The second-order valence-corrected chi connectivity index (χ2v) is 5.16. The Morgan fingerprint density at radius 3 is 2.74 bits per heavy atom. The molecule has 112 valence electrons.